The summed E-state index contributed by atoms with van der Waals surface area (Å²) in [4.78, 5) is 11.9. The summed E-state index contributed by atoms with van der Waals surface area (Å²) in [7, 11) is -3.65. The molecule has 0 unspecified atom stereocenters. The molecule has 1 saturated heterocycles. The third kappa shape index (κ3) is 2.84. The molecule has 1 amide bonds. The second kappa shape index (κ2) is 5.79. The number of rotatable bonds is 3. The fraction of sp³-hybridized carbons (Fsp3) is 0.562. The van der Waals surface area contributed by atoms with Crippen molar-refractivity contribution in [1.82, 2.24) is 4.31 Å². The molecule has 5 heteroatoms. The Hall–Kier alpha value is -1.36. The number of nitrogens with zero attached hydrogens (tertiary/aromatic N) is 1. The lowest BCUT2D eigenvalue weighted by Crippen LogP contribution is -2.31. The highest BCUT2D eigenvalue weighted by Gasteiger charge is 2.32. The van der Waals surface area contributed by atoms with E-state index in [-0.39, 0.29) is 10.8 Å². The van der Waals surface area contributed by atoms with Crippen LogP contribution in [0, 0.1) is 0 Å². The molecular formula is C16H21NO3S. The number of hydrogen-bond acceptors (Lipinski definition) is 3. The predicted molar refractivity (Wildman–Crippen MR) is 80.4 cm³/mol. The fourth-order valence-corrected chi connectivity index (χ4v) is 4.82. The zero-order valence-electron chi connectivity index (χ0n) is 12.1. The Labute approximate surface area is 126 Å². The Morgan fingerprint density at radius 1 is 0.952 bits per heavy atom. The zero-order valence-corrected chi connectivity index (χ0v) is 12.9. The first-order valence-corrected chi connectivity index (χ1v) is 9.18. The molecule has 3 rings (SSSR count). The van der Waals surface area contributed by atoms with Gasteiger partial charge in [-0.3, -0.25) is 4.79 Å². The van der Waals surface area contributed by atoms with E-state index in [0.29, 0.717) is 25.3 Å². The number of benzene rings is 1. The van der Waals surface area contributed by atoms with Gasteiger partial charge in [-0.1, -0.05) is 31.4 Å². The van der Waals surface area contributed by atoms with Gasteiger partial charge in [0, 0.05) is 13.0 Å². The molecule has 1 aromatic rings. The summed E-state index contributed by atoms with van der Waals surface area (Å²) >= 11 is 0. The van der Waals surface area contributed by atoms with Crippen molar-refractivity contribution in [3.05, 3.63) is 29.8 Å². The molecule has 114 valence electrons. The van der Waals surface area contributed by atoms with Gasteiger partial charge in [0.05, 0.1) is 4.90 Å². The van der Waals surface area contributed by atoms with E-state index in [1.807, 2.05) is 12.1 Å². The average molecular weight is 307 g/mol. The van der Waals surface area contributed by atoms with Crippen LogP contribution in [-0.2, 0) is 14.8 Å². The highest BCUT2D eigenvalue weighted by molar-refractivity contribution is 7.89. The summed E-state index contributed by atoms with van der Waals surface area (Å²) in [5.74, 6) is 0.273. The van der Waals surface area contributed by atoms with Crippen molar-refractivity contribution < 1.29 is 13.2 Å². The molecule has 1 heterocycles. The lowest BCUT2D eigenvalue weighted by atomic mass is 9.84. The van der Waals surface area contributed by atoms with Crippen LogP contribution < -0.4 is 0 Å². The van der Waals surface area contributed by atoms with Crippen molar-refractivity contribution in [3.8, 4) is 0 Å². The number of hydrogen-bond donors (Lipinski definition) is 0. The molecule has 0 spiro atoms. The van der Waals surface area contributed by atoms with Crippen LogP contribution in [0.1, 0.15) is 56.4 Å². The minimum atomic E-state index is -3.65. The Morgan fingerprint density at radius 2 is 1.62 bits per heavy atom. The highest BCUT2D eigenvalue weighted by Crippen LogP contribution is 2.33. The SMILES string of the molecule is O=C1CCCN1S(=O)(=O)c1ccc(C2CCCCC2)cc1. The molecule has 0 atom stereocenters. The van der Waals surface area contributed by atoms with E-state index >= 15 is 0 Å². The Kier molecular flexibility index (Phi) is 4.02. The quantitative estimate of drug-likeness (QED) is 0.862. The van der Waals surface area contributed by atoms with E-state index in [0.717, 1.165) is 4.31 Å². The van der Waals surface area contributed by atoms with Crippen molar-refractivity contribution in [2.24, 2.45) is 0 Å². The predicted octanol–water partition coefficient (Wildman–Crippen LogP) is 3.05. The first-order chi connectivity index (χ1) is 10.1. The van der Waals surface area contributed by atoms with Crippen LogP contribution in [0.2, 0.25) is 0 Å². The molecule has 21 heavy (non-hydrogen) atoms. The van der Waals surface area contributed by atoms with Gasteiger partial charge in [0.1, 0.15) is 0 Å². The molecule has 4 nitrogen and oxygen atoms in total. The average Bonchev–Trinajstić information content (AvgIpc) is 2.95. The maximum absolute atomic E-state index is 12.4. The summed E-state index contributed by atoms with van der Waals surface area (Å²) in [6, 6.07) is 7.16. The zero-order chi connectivity index (χ0) is 14.9. The standard InChI is InChI=1S/C16H21NO3S/c18-16-7-4-12-17(16)21(19,20)15-10-8-14(9-11-15)13-5-2-1-3-6-13/h8-11,13H,1-7,12H2. The number of sulfonamides is 1. The number of carbonyl (C=O) groups excluding carboxylic acids is 1. The van der Waals surface area contributed by atoms with Crippen LogP contribution in [0.5, 0.6) is 0 Å². The Bertz CT molecular complexity index is 615. The number of carbonyl (C=O) groups is 1. The molecule has 1 saturated carbocycles. The lowest BCUT2D eigenvalue weighted by Gasteiger charge is -2.22. The van der Waals surface area contributed by atoms with E-state index < -0.39 is 10.0 Å². The van der Waals surface area contributed by atoms with Gasteiger partial charge in [-0.25, -0.2) is 12.7 Å². The first kappa shape index (κ1) is 14.6. The summed E-state index contributed by atoms with van der Waals surface area (Å²) < 4.78 is 25.9. The maximum atomic E-state index is 12.4. The third-order valence-corrected chi connectivity index (χ3v) is 6.41. The van der Waals surface area contributed by atoms with Crippen molar-refractivity contribution in [3.63, 3.8) is 0 Å². The monoisotopic (exact) mass is 307 g/mol. The summed E-state index contributed by atoms with van der Waals surface area (Å²) in [5.41, 5.74) is 1.22. The van der Waals surface area contributed by atoms with Gasteiger partial charge >= 0.3 is 0 Å². The molecule has 2 fully saturated rings. The minimum Gasteiger partial charge on any atom is -0.274 e. The van der Waals surface area contributed by atoms with Gasteiger partial charge in [0.2, 0.25) is 5.91 Å². The van der Waals surface area contributed by atoms with Crippen LogP contribution in [-0.4, -0.2) is 25.2 Å². The molecule has 1 aromatic carbocycles. The normalized spacial score (nSPS) is 21.0. The van der Waals surface area contributed by atoms with Crippen molar-refractivity contribution in [2.45, 2.75) is 55.8 Å². The van der Waals surface area contributed by atoms with Crippen LogP contribution >= 0.6 is 0 Å². The molecule has 0 aromatic heterocycles. The van der Waals surface area contributed by atoms with Crippen LogP contribution in [0.4, 0.5) is 0 Å². The second-order valence-electron chi connectivity index (χ2n) is 5.98. The topological polar surface area (TPSA) is 54.5 Å². The molecule has 1 aliphatic heterocycles. The van der Waals surface area contributed by atoms with Gasteiger partial charge in [-0.15, -0.1) is 0 Å². The van der Waals surface area contributed by atoms with Crippen molar-refractivity contribution in [1.29, 1.82) is 0 Å². The third-order valence-electron chi connectivity index (χ3n) is 4.57. The summed E-state index contributed by atoms with van der Waals surface area (Å²) in [6.45, 7) is 0.311. The molecular weight excluding hydrogens is 286 g/mol. The van der Waals surface area contributed by atoms with E-state index in [1.54, 1.807) is 12.1 Å². The lowest BCUT2D eigenvalue weighted by molar-refractivity contribution is -0.123. The van der Waals surface area contributed by atoms with E-state index in [4.69, 9.17) is 0 Å². The van der Waals surface area contributed by atoms with Gasteiger partial charge in [0.15, 0.2) is 0 Å². The smallest absolute Gasteiger partial charge is 0.266 e. The van der Waals surface area contributed by atoms with E-state index in [9.17, 15) is 13.2 Å². The van der Waals surface area contributed by atoms with E-state index in [1.165, 1.54) is 37.7 Å². The van der Waals surface area contributed by atoms with Gasteiger partial charge in [0.25, 0.3) is 10.0 Å². The summed E-state index contributed by atoms with van der Waals surface area (Å²) in [6.07, 6.45) is 7.16. The first-order valence-electron chi connectivity index (χ1n) is 7.74. The van der Waals surface area contributed by atoms with Gasteiger partial charge < -0.3 is 0 Å². The van der Waals surface area contributed by atoms with E-state index in [2.05, 4.69) is 0 Å². The molecule has 0 radical (unpaired) electrons. The Balaban J connectivity index is 1.81. The Morgan fingerprint density at radius 3 is 2.19 bits per heavy atom. The highest BCUT2D eigenvalue weighted by atomic mass is 32.2. The fourth-order valence-electron chi connectivity index (χ4n) is 3.35. The molecule has 0 N–H and O–H groups in total. The molecule has 1 aliphatic carbocycles. The van der Waals surface area contributed by atoms with Gasteiger partial charge in [-0.2, -0.15) is 0 Å². The van der Waals surface area contributed by atoms with Crippen LogP contribution in [0.15, 0.2) is 29.2 Å². The number of amides is 1. The van der Waals surface area contributed by atoms with Crippen LogP contribution in [0.25, 0.3) is 0 Å². The van der Waals surface area contributed by atoms with Crippen molar-refractivity contribution >= 4 is 15.9 Å². The minimum absolute atomic E-state index is 0.234. The molecule has 0 bridgehead atoms. The van der Waals surface area contributed by atoms with Gasteiger partial charge in [-0.05, 0) is 42.9 Å². The summed E-state index contributed by atoms with van der Waals surface area (Å²) in [5, 5.41) is 0. The largest absolute Gasteiger partial charge is 0.274 e. The van der Waals surface area contributed by atoms with Crippen molar-refractivity contribution in [2.75, 3.05) is 6.54 Å². The molecule has 2 aliphatic rings. The maximum Gasteiger partial charge on any atom is 0.266 e. The second-order valence-corrected chi connectivity index (χ2v) is 7.84. The van der Waals surface area contributed by atoms with Crippen LogP contribution in [0.3, 0.4) is 0 Å².